The van der Waals surface area contributed by atoms with Gasteiger partial charge < -0.3 is 15.2 Å². The Bertz CT molecular complexity index is 674. The van der Waals surface area contributed by atoms with Crippen LogP contribution >= 0.6 is 0 Å². The Labute approximate surface area is 132 Å². The lowest BCUT2D eigenvalue weighted by Crippen LogP contribution is -2.22. The molecule has 1 amide bonds. The molecule has 2 aromatic rings. The van der Waals surface area contributed by atoms with Crippen LogP contribution in [-0.4, -0.2) is 24.2 Å². The van der Waals surface area contributed by atoms with Crippen molar-refractivity contribution in [3.8, 4) is 5.75 Å². The average Bonchev–Trinajstić information content (AvgIpc) is 2.55. The third-order valence-corrected chi connectivity index (χ3v) is 3.18. The van der Waals surface area contributed by atoms with E-state index in [0.29, 0.717) is 17.9 Å². The summed E-state index contributed by atoms with van der Waals surface area (Å²) in [5.41, 5.74) is 0.319. The summed E-state index contributed by atoms with van der Waals surface area (Å²) in [4.78, 5) is 11.6. The highest BCUT2D eigenvalue weighted by atomic mass is 19.1. The molecule has 0 saturated heterocycles. The molecule has 23 heavy (non-hydrogen) atoms. The van der Waals surface area contributed by atoms with Gasteiger partial charge in [0, 0.05) is 17.7 Å². The second-order valence-electron chi connectivity index (χ2n) is 4.88. The minimum absolute atomic E-state index is 0.163. The van der Waals surface area contributed by atoms with Crippen molar-refractivity contribution in [1.82, 2.24) is 5.32 Å². The number of hydrogen-bond acceptors (Lipinski definition) is 3. The number of aliphatic hydroxyl groups is 1. The van der Waals surface area contributed by atoms with Crippen molar-refractivity contribution < 1.29 is 23.4 Å². The lowest BCUT2D eigenvalue weighted by atomic mass is 10.1. The van der Waals surface area contributed by atoms with E-state index in [1.54, 1.807) is 24.3 Å². The zero-order valence-electron chi connectivity index (χ0n) is 12.6. The molecule has 4 nitrogen and oxygen atoms in total. The molecule has 0 aliphatic heterocycles. The molecule has 0 spiro atoms. The zero-order valence-corrected chi connectivity index (χ0v) is 12.6. The molecule has 2 N–H and O–H groups in total. The van der Waals surface area contributed by atoms with Crippen LogP contribution in [0.2, 0.25) is 0 Å². The van der Waals surface area contributed by atoms with Gasteiger partial charge in [-0.05, 0) is 49.4 Å². The van der Waals surface area contributed by atoms with Crippen molar-refractivity contribution in [3.05, 3.63) is 65.2 Å². The predicted molar refractivity (Wildman–Crippen MR) is 81.3 cm³/mol. The molecule has 0 heterocycles. The number of halogens is 2. The topological polar surface area (TPSA) is 58.6 Å². The average molecular weight is 321 g/mol. The maximum Gasteiger partial charge on any atom is 0.251 e. The fourth-order valence-electron chi connectivity index (χ4n) is 2.00. The maximum atomic E-state index is 13.5. The standard InChI is InChI=1S/C17H17F2NO3/c1-2-20-17(22)11-3-6-13(7-4-11)23-10-16(21)14-9-12(18)5-8-15(14)19/h3-9,16,21H,2,10H2,1H3,(H,20,22). The molecular formula is C17H17F2NO3. The molecule has 0 aromatic heterocycles. The van der Waals surface area contributed by atoms with Gasteiger partial charge in [-0.25, -0.2) is 8.78 Å². The number of amides is 1. The van der Waals surface area contributed by atoms with Gasteiger partial charge in [0.1, 0.15) is 30.1 Å². The summed E-state index contributed by atoms with van der Waals surface area (Å²) in [7, 11) is 0. The van der Waals surface area contributed by atoms with E-state index < -0.39 is 17.7 Å². The van der Waals surface area contributed by atoms with Crippen molar-refractivity contribution in [2.24, 2.45) is 0 Å². The Morgan fingerprint density at radius 2 is 1.91 bits per heavy atom. The Morgan fingerprint density at radius 1 is 1.22 bits per heavy atom. The third kappa shape index (κ3) is 4.50. The fourth-order valence-corrected chi connectivity index (χ4v) is 2.00. The summed E-state index contributed by atoms with van der Waals surface area (Å²) < 4.78 is 32.0. The number of carbonyl (C=O) groups is 1. The van der Waals surface area contributed by atoms with Crippen molar-refractivity contribution in [2.45, 2.75) is 13.0 Å². The zero-order chi connectivity index (χ0) is 16.8. The van der Waals surface area contributed by atoms with E-state index in [4.69, 9.17) is 4.74 Å². The van der Waals surface area contributed by atoms with Crippen LogP contribution in [0.5, 0.6) is 5.75 Å². The van der Waals surface area contributed by atoms with Gasteiger partial charge in [0.25, 0.3) is 5.91 Å². The first kappa shape index (κ1) is 16.9. The Hall–Kier alpha value is -2.47. The minimum Gasteiger partial charge on any atom is -0.491 e. The van der Waals surface area contributed by atoms with Crippen molar-refractivity contribution in [2.75, 3.05) is 13.2 Å². The first-order valence-corrected chi connectivity index (χ1v) is 7.15. The van der Waals surface area contributed by atoms with Gasteiger partial charge >= 0.3 is 0 Å². The van der Waals surface area contributed by atoms with Crippen molar-refractivity contribution in [1.29, 1.82) is 0 Å². The molecule has 0 bridgehead atoms. The fraction of sp³-hybridized carbons (Fsp3) is 0.235. The second kappa shape index (κ2) is 7.69. The molecule has 6 heteroatoms. The monoisotopic (exact) mass is 321 g/mol. The Balaban J connectivity index is 1.97. The molecule has 0 aliphatic carbocycles. The summed E-state index contributed by atoms with van der Waals surface area (Å²) in [5, 5.41) is 12.6. The molecular weight excluding hydrogens is 304 g/mol. The van der Waals surface area contributed by atoms with Crippen LogP contribution in [0.25, 0.3) is 0 Å². The van der Waals surface area contributed by atoms with Crippen LogP contribution in [-0.2, 0) is 0 Å². The van der Waals surface area contributed by atoms with Gasteiger partial charge in [0.2, 0.25) is 0 Å². The van der Waals surface area contributed by atoms with Crippen LogP contribution in [0.1, 0.15) is 28.9 Å². The molecule has 2 rings (SSSR count). The summed E-state index contributed by atoms with van der Waals surface area (Å²) >= 11 is 0. The van der Waals surface area contributed by atoms with Gasteiger partial charge in [-0.15, -0.1) is 0 Å². The number of rotatable bonds is 6. The summed E-state index contributed by atoms with van der Waals surface area (Å²) in [5.74, 6) is -1.12. The van der Waals surface area contributed by atoms with Crippen LogP contribution in [0.3, 0.4) is 0 Å². The van der Waals surface area contributed by atoms with Crippen LogP contribution in [0.4, 0.5) is 8.78 Å². The molecule has 2 aromatic carbocycles. The minimum atomic E-state index is -1.30. The smallest absolute Gasteiger partial charge is 0.251 e. The third-order valence-electron chi connectivity index (χ3n) is 3.18. The number of benzene rings is 2. The molecule has 1 atom stereocenters. The first-order chi connectivity index (χ1) is 11.0. The first-order valence-electron chi connectivity index (χ1n) is 7.15. The van der Waals surface area contributed by atoms with Gasteiger partial charge in [-0.2, -0.15) is 0 Å². The van der Waals surface area contributed by atoms with Gasteiger partial charge in [0.05, 0.1) is 0 Å². The highest BCUT2D eigenvalue weighted by Crippen LogP contribution is 2.20. The Morgan fingerprint density at radius 3 is 2.57 bits per heavy atom. The number of ether oxygens (including phenoxy) is 1. The van der Waals surface area contributed by atoms with E-state index >= 15 is 0 Å². The normalized spacial score (nSPS) is 11.8. The van der Waals surface area contributed by atoms with Gasteiger partial charge in [-0.3, -0.25) is 4.79 Å². The number of nitrogens with one attached hydrogen (secondary N) is 1. The number of hydrogen-bond donors (Lipinski definition) is 2. The molecule has 0 fully saturated rings. The van der Waals surface area contributed by atoms with Crippen LogP contribution < -0.4 is 10.1 Å². The van der Waals surface area contributed by atoms with E-state index in [1.807, 2.05) is 6.92 Å². The number of carbonyl (C=O) groups excluding carboxylic acids is 1. The predicted octanol–water partition coefficient (Wildman–Crippen LogP) is 2.83. The molecule has 0 radical (unpaired) electrons. The van der Waals surface area contributed by atoms with Crippen LogP contribution in [0.15, 0.2) is 42.5 Å². The van der Waals surface area contributed by atoms with E-state index in [-0.39, 0.29) is 18.1 Å². The second-order valence-corrected chi connectivity index (χ2v) is 4.88. The molecule has 0 aliphatic rings. The van der Waals surface area contributed by atoms with E-state index in [2.05, 4.69) is 5.32 Å². The highest BCUT2D eigenvalue weighted by Gasteiger charge is 2.15. The summed E-state index contributed by atoms with van der Waals surface area (Å²) in [6, 6.07) is 9.16. The van der Waals surface area contributed by atoms with Crippen molar-refractivity contribution >= 4 is 5.91 Å². The lowest BCUT2D eigenvalue weighted by molar-refractivity contribution is 0.0954. The Kier molecular flexibility index (Phi) is 5.65. The number of aliphatic hydroxyl groups excluding tert-OH is 1. The van der Waals surface area contributed by atoms with E-state index in [9.17, 15) is 18.7 Å². The lowest BCUT2D eigenvalue weighted by Gasteiger charge is -2.14. The largest absolute Gasteiger partial charge is 0.491 e. The SMILES string of the molecule is CCNC(=O)c1ccc(OCC(O)c2cc(F)ccc2F)cc1. The summed E-state index contributed by atoms with van der Waals surface area (Å²) in [6.07, 6.45) is -1.30. The van der Waals surface area contributed by atoms with Gasteiger partial charge in [0.15, 0.2) is 0 Å². The molecule has 0 saturated carbocycles. The highest BCUT2D eigenvalue weighted by molar-refractivity contribution is 5.94. The quantitative estimate of drug-likeness (QED) is 0.860. The van der Waals surface area contributed by atoms with Crippen molar-refractivity contribution in [3.63, 3.8) is 0 Å². The van der Waals surface area contributed by atoms with Gasteiger partial charge in [-0.1, -0.05) is 0 Å². The van der Waals surface area contributed by atoms with Crippen LogP contribution in [0, 0.1) is 11.6 Å². The molecule has 1 unspecified atom stereocenters. The summed E-state index contributed by atoms with van der Waals surface area (Å²) in [6.45, 7) is 2.12. The van der Waals surface area contributed by atoms with E-state index in [0.717, 1.165) is 18.2 Å². The maximum absolute atomic E-state index is 13.5. The molecule has 122 valence electrons. The van der Waals surface area contributed by atoms with E-state index in [1.165, 1.54) is 0 Å².